The third kappa shape index (κ3) is 5.77. The van der Waals surface area contributed by atoms with Gasteiger partial charge in [0, 0.05) is 36.0 Å². The molecule has 0 bridgehead atoms. The monoisotopic (exact) mass is 373 g/mol. The highest BCUT2D eigenvalue weighted by Crippen LogP contribution is 2.17. The van der Waals surface area contributed by atoms with Gasteiger partial charge in [-0.2, -0.15) is 0 Å². The summed E-state index contributed by atoms with van der Waals surface area (Å²) in [7, 11) is 0. The van der Waals surface area contributed by atoms with Gasteiger partial charge in [-0.15, -0.1) is 0 Å². The van der Waals surface area contributed by atoms with Crippen molar-refractivity contribution in [1.29, 1.82) is 0 Å². The minimum absolute atomic E-state index is 0.384. The lowest BCUT2D eigenvalue weighted by molar-refractivity contribution is -0.136. The molecule has 2 aromatic carbocycles. The molecule has 0 saturated carbocycles. The molecule has 0 fully saturated rings. The van der Waals surface area contributed by atoms with Gasteiger partial charge in [0.25, 0.3) is 0 Å². The van der Waals surface area contributed by atoms with E-state index in [1.54, 1.807) is 24.3 Å². The van der Waals surface area contributed by atoms with Crippen LogP contribution in [0.25, 0.3) is 0 Å². The second-order valence-corrected chi connectivity index (χ2v) is 6.24. The molecule has 0 spiro atoms. The van der Waals surface area contributed by atoms with Crippen molar-refractivity contribution < 1.29 is 9.59 Å². The van der Waals surface area contributed by atoms with Crippen LogP contribution in [0, 0.1) is 0 Å². The smallest absolute Gasteiger partial charge is 0.313 e. The zero-order valence-corrected chi connectivity index (χ0v) is 15.8. The lowest BCUT2D eigenvalue weighted by Gasteiger charge is -2.21. The summed E-state index contributed by atoms with van der Waals surface area (Å²) in [5.74, 6) is -1.32. The average molecular weight is 374 g/mol. The van der Waals surface area contributed by atoms with Crippen molar-refractivity contribution in [1.82, 2.24) is 5.32 Å². The summed E-state index contributed by atoms with van der Waals surface area (Å²) in [5, 5.41) is 5.91. The molecule has 6 heteroatoms. The first-order valence-electron chi connectivity index (χ1n) is 8.72. The standard InChI is InChI=1S/C20H24ClN3O2/c1-3-24(4-2)18-11-9-17(10-12-18)23-20(26)19(25)22-14-13-15-5-7-16(21)8-6-15/h5-12H,3-4,13-14H2,1-2H3,(H,22,25)(H,23,26). The molecule has 2 N–H and O–H groups in total. The molecular formula is C20H24ClN3O2. The molecule has 2 amide bonds. The number of nitrogens with one attached hydrogen (secondary N) is 2. The molecule has 0 atom stereocenters. The maximum atomic E-state index is 12.0. The summed E-state index contributed by atoms with van der Waals surface area (Å²) in [5.41, 5.74) is 2.72. The Labute approximate surface area is 159 Å². The van der Waals surface area contributed by atoms with Gasteiger partial charge < -0.3 is 15.5 Å². The zero-order valence-electron chi connectivity index (χ0n) is 15.1. The summed E-state index contributed by atoms with van der Waals surface area (Å²) in [6.45, 7) is 6.40. The van der Waals surface area contributed by atoms with E-state index in [4.69, 9.17) is 11.6 Å². The molecule has 0 aliphatic rings. The van der Waals surface area contributed by atoms with Crippen LogP contribution in [-0.2, 0) is 16.0 Å². The van der Waals surface area contributed by atoms with Crippen molar-refractivity contribution >= 4 is 34.8 Å². The summed E-state index contributed by atoms with van der Waals surface area (Å²) in [4.78, 5) is 26.1. The maximum absolute atomic E-state index is 12.0. The Balaban J connectivity index is 1.81. The van der Waals surface area contributed by atoms with E-state index in [1.165, 1.54) is 0 Å². The van der Waals surface area contributed by atoms with Gasteiger partial charge in [-0.3, -0.25) is 9.59 Å². The lowest BCUT2D eigenvalue weighted by atomic mass is 10.1. The number of carbonyl (C=O) groups is 2. The fourth-order valence-corrected chi connectivity index (χ4v) is 2.71. The maximum Gasteiger partial charge on any atom is 0.313 e. The van der Waals surface area contributed by atoms with Gasteiger partial charge in [-0.1, -0.05) is 23.7 Å². The number of hydrogen-bond acceptors (Lipinski definition) is 3. The normalized spacial score (nSPS) is 10.3. The van der Waals surface area contributed by atoms with Crippen LogP contribution >= 0.6 is 11.6 Å². The van der Waals surface area contributed by atoms with E-state index in [0.29, 0.717) is 23.7 Å². The molecule has 0 unspecified atom stereocenters. The highest BCUT2D eigenvalue weighted by atomic mass is 35.5. The van der Waals surface area contributed by atoms with Crippen molar-refractivity contribution in [3.63, 3.8) is 0 Å². The molecule has 2 aromatic rings. The second-order valence-electron chi connectivity index (χ2n) is 5.81. The van der Waals surface area contributed by atoms with Gasteiger partial charge in [0.2, 0.25) is 0 Å². The average Bonchev–Trinajstić information content (AvgIpc) is 2.65. The fourth-order valence-electron chi connectivity index (χ4n) is 2.58. The Hall–Kier alpha value is -2.53. The van der Waals surface area contributed by atoms with Crippen molar-refractivity contribution in [2.75, 3.05) is 29.9 Å². The molecule has 138 valence electrons. The van der Waals surface area contributed by atoms with Gasteiger partial charge in [0.1, 0.15) is 0 Å². The summed E-state index contributed by atoms with van der Waals surface area (Å²) < 4.78 is 0. The first-order valence-corrected chi connectivity index (χ1v) is 9.10. The number of amides is 2. The van der Waals surface area contributed by atoms with Gasteiger partial charge in [-0.05, 0) is 62.2 Å². The summed E-state index contributed by atoms with van der Waals surface area (Å²) >= 11 is 5.83. The molecule has 2 rings (SSSR count). The lowest BCUT2D eigenvalue weighted by Crippen LogP contribution is -2.36. The van der Waals surface area contributed by atoms with E-state index in [1.807, 2.05) is 24.3 Å². The molecular weight excluding hydrogens is 350 g/mol. The highest BCUT2D eigenvalue weighted by molar-refractivity contribution is 6.39. The molecule has 5 nitrogen and oxygen atoms in total. The molecule has 0 aliphatic carbocycles. The van der Waals surface area contributed by atoms with Crippen LogP contribution in [0.5, 0.6) is 0 Å². The van der Waals surface area contributed by atoms with E-state index in [-0.39, 0.29) is 0 Å². The van der Waals surface area contributed by atoms with Crippen LogP contribution in [0.2, 0.25) is 5.02 Å². The van der Waals surface area contributed by atoms with Crippen LogP contribution in [0.3, 0.4) is 0 Å². The second kappa shape index (κ2) is 9.82. The van der Waals surface area contributed by atoms with Crippen LogP contribution in [-0.4, -0.2) is 31.4 Å². The van der Waals surface area contributed by atoms with E-state index in [9.17, 15) is 9.59 Å². The third-order valence-electron chi connectivity index (χ3n) is 4.07. The van der Waals surface area contributed by atoms with Gasteiger partial charge in [0.05, 0.1) is 0 Å². The molecule has 0 aliphatic heterocycles. The first-order chi connectivity index (χ1) is 12.5. The highest BCUT2D eigenvalue weighted by Gasteiger charge is 2.13. The third-order valence-corrected chi connectivity index (χ3v) is 4.32. The Morgan fingerprint density at radius 1 is 0.923 bits per heavy atom. The number of rotatable bonds is 7. The molecule has 26 heavy (non-hydrogen) atoms. The van der Waals surface area contributed by atoms with E-state index in [2.05, 4.69) is 29.4 Å². The number of nitrogens with zero attached hydrogens (tertiary/aromatic N) is 1. The fraction of sp³-hybridized carbons (Fsp3) is 0.300. The van der Waals surface area contributed by atoms with Crippen molar-refractivity contribution in [2.24, 2.45) is 0 Å². The number of anilines is 2. The number of benzene rings is 2. The minimum atomic E-state index is -0.670. The van der Waals surface area contributed by atoms with Crippen molar-refractivity contribution in [3.8, 4) is 0 Å². The van der Waals surface area contributed by atoms with E-state index < -0.39 is 11.8 Å². The van der Waals surface area contributed by atoms with Crippen LogP contribution in [0.1, 0.15) is 19.4 Å². The molecule has 0 heterocycles. The Morgan fingerprint density at radius 3 is 2.12 bits per heavy atom. The summed E-state index contributed by atoms with van der Waals surface area (Å²) in [6, 6.07) is 14.8. The van der Waals surface area contributed by atoms with Gasteiger partial charge in [0.15, 0.2) is 0 Å². The van der Waals surface area contributed by atoms with Crippen molar-refractivity contribution in [2.45, 2.75) is 20.3 Å². The quantitative estimate of drug-likeness (QED) is 0.730. The molecule has 0 radical (unpaired) electrons. The number of hydrogen-bond donors (Lipinski definition) is 2. The molecule has 0 aromatic heterocycles. The van der Waals surface area contributed by atoms with E-state index in [0.717, 1.165) is 24.3 Å². The number of halogens is 1. The van der Waals surface area contributed by atoms with Gasteiger partial charge in [-0.25, -0.2) is 0 Å². The van der Waals surface area contributed by atoms with Crippen LogP contribution < -0.4 is 15.5 Å². The first kappa shape index (κ1) is 19.8. The Bertz CT molecular complexity index is 726. The van der Waals surface area contributed by atoms with Crippen LogP contribution in [0.4, 0.5) is 11.4 Å². The topological polar surface area (TPSA) is 61.4 Å². The Morgan fingerprint density at radius 2 is 1.54 bits per heavy atom. The molecule has 0 saturated heterocycles. The Kier molecular flexibility index (Phi) is 7.48. The predicted octanol–water partition coefficient (Wildman–Crippen LogP) is 3.48. The summed E-state index contributed by atoms with van der Waals surface area (Å²) in [6.07, 6.45) is 0.634. The SMILES string of the molecule is CCN(CC)c1ccc(NC(=O)C(=O)NCCc2ccc(Cl)cc2)cc1. The minimum Gasteiger partial charge on any atom is -0.372 e. The van der Waals surface area contributed by atoms with Crippen molar-refractivity contribution in [3.05, 3.63) is 59.1 Å². The zero-order chi connectivity index (χ0) is 18.9. The number of carbonyl (C=O) groups excluding carboxylic acids is 2. The van der Waals surface area contributed by atoms with Crippen LogP contribution in [0.15, 0.2) is 48.5 Å². The van der Waals surface area contributed by atoms with Gasteiger partial charge >= 0.3 is 11.8 Å². The largest absolute Gasteiger partial charge is 0.372 e. The predicted molar refractivity (Wildman–Crippen MR) is 107 cm³/mol. The van der Waals surface area contributed by atoms with E-state index >= 15 is 0 Å².